The van der Waals surface area contributed by atoms with Gasteiger partial charge in [-0.1, -0.05) is 6.92 Å². The Kier molecular flexibility index (Phi) is 8.34. The smallest absolute Gasteiger partial charge is 0.244 e. The number of benzene rings is 1. The van der Waals surface area contributed by atoms with E-state index in [-0.39, 0.29) is 34.5 Å². The summed E-state index contributed by atoms with van der Waals surface area (Å²) < 4.78 is 55.0. The van der Waals surface area contributed by atoms with Gasteiger partial charge in [0.15, 0.2) is 9.84 Å². The van der Waals surface area contributed by atoms with Crippen molar-refractivity contribution in [2.24, 2.45) is 0 Å². The van der Waals surface area contributed by atoms with Crippen LogP contribution in [0.15, 0.2) is 28.0 Å². The van der Waals surface area contributed by atoms with E-state index >= 15 is 0 Å². The number of hydrogen-bond donors (Lipinski definition) is 2. The third kappa shape index (κ3) is 5.73. The van der Waals surface area contributed by atoms with Gasteiger partial charge in [0.05, 0.1) is 12.0 Å². The van der Waals surface area contributed by atoms with E-state index < -0.39 is 19.9 Å². The number of likely N-dealkylation sites (N-methyl/N-ethyl adjacent to an activating group) is 1. The second kappa shape index (κ2) is 8.68. The average molecular weight is 373 g/mol. The Morgan fingerprint density at radius 1 is 1.14 bits per heavy atom. The molecular weight excluding hydrogens is 352 g/mol. The van der Waals surface area contributed by atoms with Crippen LogP contribution >= 0.6 is 12.4 Å². The van der Waals surface area contributed by atoms with E-state index in [2.05, 4.69) is 10.0 Å². The molecule has 0 unspecified atom stereocenters. The third-order valence-electron chi connectivity index (χ3n) is 2.70. The van der Waals surface area contributed by atoms with Crippen LogP contribution in [0.25, 0.3) is 0 Å². The summed E-state index contributed by atoms with van der Waals surface area (Å²) in [5.41, 5.74) is 0. The zero-order chi connectivity index (χ0) is 16.1. The predicted octanol–water partition coefficient (Wildman–Crippen LogP) is 0.408. The molecule has 0 aliphatic rings. The summed E-state index contributed by atoms with van der Waals surface area (Å²) in [7, 11) is -6.02. The van der Waals surface area contributed by atoms with Crippen molar-refractivity contribution in [1.82, 2.24) is 10.0 Å². The molecule has 0 aliphatic carbocycles. The number of rotatable bonds is 8. The Hall–Kier alpha value is -0.870. The fraction of sp³-hybridized carbons (Fsp3) is 0.500. The lowest BCUT2D eigenvalue weighted by Crippen LogP contribution is -2.32. The molecule has 2 N–H and O–H groups in total. The highest BCUT2D eigenvalue weighted by Gasteiger charge is 2.21. The van der Waals surface area contributed by atoms with Crippen LogP contribution in [0.5, 0.6) is 5.75 Å². The van der Waals surface area contributed by atoms with E-state index in [0.29, 0.717) is 6.54 Å². The standard InChI is InChI=1S/C12H20N2O5S2.ClH/c1-4-13-7-8-14-21(17,18)12-9-10(20(3,15)16)5-6-11(12)19-2;/h5-6,9,13-14H,4,7-8H2,1-3H3;1H. The lowest BCUT2D eigenvalue weighted by Gasteiger charge is -2.12. The van der Waals surface area contributed by atoms with Gasteiger partial charge in [-0.2, -0.15) is 0 Å². The minimum Gasteiger partial charge on any atom is -0.495 e. The molecule has 1 aromatic carbocycles. The van der Waals surface area contributed by atoms with E-state index in [1.54, 1.807) is 0 Å². The Morgan fingerprint density at radius 3 is 2.27 bits per heavy atom. The van der Waals surface area contributed by atoms with Gasteiger partial charge in [-0.05, 0) is 24.7 Å². The molecule has 0 aromatic heterocycles. The number of methoxy groups -OCH3 is 1. The zero-order valence-electron chi connectivity index (χ0n) is 12.6. The molecule has 1 aromatic rings. The van der Waals surface area contributed by atoms with Gasteiger partial charge in [0.1, 0.15) is 10.6 Å². The van der Waals surface area contributed by atoms with Gasteiger partial charge >= 0.3 is 0 Å². The van der Waals surface area contributed by atoms with Gasteiger partial charge in [0.2, 0.25) is 10.0 Å². The molecule has 0 saturated heterocycles. The second-order valence-electron chi connectivity index (χ2n) is 4.34. The number of sulfone groups is 1. The van der Waals surface area contributed by atoms with E-state index in [9.17, 15) is 16.8 Å². The first-order chi connectivity index (χ1) is 9.72. The summed E-state index contributed by atoms with van der Waals surface area (Å²) in [4.78, 5) is -0.264. The van der Waals surface area contributed by atoms with Crippen molar-refractivity contribution in [1.29, 1.82) is 0 Å². The molecule has 0 heterocycles. The zero-order valence-corrected chi connectivity index (χ0v) is 15.1. The maximum absolute atomic E-state index is 12.2. The first-order valence-corrected chi connectivity index (χ1v) is 9.68. The molecule has 7 nitrogen and oxygen atoms in total. The summed E-state index contributed by atoms with van der Waals surface area (Å²) in [5, 5.41) is 2.98. The highest BCUT2D eigenvalue weighted by atomic mass is 35.5. The van der Waals surface area contributed by atoms with E-state index in [0.717, 1.165) is 18.9 Å². The van der Waals surface area contributed by atoms with E-state index in [1.807, 2.05) is 6.92 Å². The van der Waals surface area contributed by atoms with Gasteiger partial charge in [0.25, 0.3) is 0 Å². The molecule has 0 spiro atoms. The van der Waals surface area contributed by atoms with Crippen LogP contribution in [-0.2, 0) is 19.9 Å². The number of nitrogens with one attached hydrogen (secondary N) is 2. The maximum atomic E-state index is 12.2. The molecule has 0 amide bonds. The van der Waals surface area contributed by atoms with Gasteiger partial charge in [-0.15, -0.1) is 12.4 Å². The molecule has 128 valence electrons. The minimum absolute atomic E-state index is 0. The fourth-order valence-electron chi connectivity index (χ4n) is 1.63. The summed E-state index contributed by atoms with van der Waals surface area (Å²) in [6, 6.07) is 3.74. The Balaban J connectivity index is 0.00000441. The predicted molar refractivity (Wildman–Crippen MR) is 87.1 cm³/mol. The molecular formula is C12H21ClN2O5S2. The third-order valence-corrected chi connectivity index (χ3v) is 5.29. The van der Waals surface area contributed by atoms with Gasteiger partial charge < -0.3 is 10.1 Å². The highest BCUT2D eigenvalue weighted by molar-refractivity contribution is 7.91. The lowest BCUT2D eigenvalue weighted by molar-refractivity contribution is 0.401. The van der Waals surface area contributed by atoms with Gasteiger partial charge in [0, 0.05) is 19.3 Å². The van der Waals surface area contributed by atoms with Crippen molar-refractivity contribution in [3.05, 3.63) is 18.2 Å². The Labute approximate surface area is 137 Å². The van der Waals surface area contributed by atoms with Crippen molar-refractivity contribution < 1.29 is 21.6 Å². The minimum atomic E-state index is -3.85. The largest absolute Gasteiger partial charge is 0.495 e. The van der Waals surface area contributed by atoms with Crippen molar-refractivity contribution >= 4 is 32.3 Å². The Morgan fingerprint density at radius 2 is 1.77 bits per heavy atom. The van der Waals surface area contributed by atoms with Crippen LogP contribution < -0.4 is 14.8 Å². The van der Waals surface area contributed by atoms with Crippen LogP contribution in [0, 0.1) is 0 Å². The monoisotopic (exact) mass is 372 g/mol. The number of sulfonamides is 1. The summed E-state index contributed by atoms with van der Waals surface area (Å²) in [5.74, 6) is 0.0957. The fourth-order valence-corrected chi connectivity index (χ4v) is 3.57. The molecule has 0 aliphatic heterocycles. The summed E-state index contributed by atoms with van der Waals surface area (Å²) in [6.07, 6.45) is 1.02. The van der Waals surface area contributed by atoms with Crippen molar-refractivity contribution in [3.63, 3.8) is 0 Å². The van der Waals surface area contributed by atoms with E-state index in [1.165, 1.54) is 19.2 Å². The van der Waals surface area contributed by atoms with Crippen LogP contribution in [0.2, 0.25) is 0 Å². The lowest BCUT2D eigenvalue weighted by atomic mass is 10.3. The second-order valence-corrected chi connectivity index (χ2v) is 8.09. The Bertz CT molecular complexity index is 689. The molecule has 0 radical (unpaired) electrons. The molecule has 0 atom stereocenters. The molecule has 0 bridgehead atoms. The number of ether oxygens (including phenoxy) is 1. The molecule has 0 fully saturated rings. The summed E-state index contributed by atoms with van der Waals surface area (Å²) in [6.45, 7) is 3.31. The van der Waals surface area contributed by atoms with Crippen molar-refractivity contribution in [3.8, 4) is 5.75 Å². The topological polar surface area (TPSA) is 102 Å². The molecule has 0 saturated carbocycles. The number of hydrogen-bond acceptors (Lipinski definition) is 6. The van der Waals surface area contributed by atoms with E-state index in [4.69, 9.17) is 4.74 Å². The normalized spacial score (nSPS) is 11.8. The van der Waals surface area contributed by atoms with Crippen LogP contribution in [-0.4, -0.2) is 49.8 Å². The first-order valence-electron chi connectivity index (χ1n) is 6.31. The van der Waals surface area contributed by atoms with Crippen molar-refractivity contribution in [2.45, 2.75) is 16.7 Å². The van der Waals surface area contributed by atoms with Gasteiger partial charge in [-0.3, -0.25) is 0 Å². The maximum Gasteiger partial charge on any atom is 0.244 e. The van der Waals surface area contributed by atoms with Crippen molar-refractivity contribution in [2.75, 3.05) is 33.0 Å². The average Bonchev–Trinajstić information content (AvgIpc) is 2.42. The van der Waals surface area contributed by atoms with Gasteiger partial charge in [-0.25, -0.2) is 21.6 Å². The molecule has 10 heteroatoms. The molecule has 22 heavy (non-hydrogen) atoms. The quantitative estimate of drug-likeness (QED) is 0.641. The van der Waals surface area contributed by atoms with Crippen LogP contribution in [0.3, 0.4) is 0 Å². The molecule has 1 rings (SSSR count). The SMILES string of the molecule is CCNCCNS(=O)(=O)c1cc(S(C)(=O)=O)ccc1OC.Cl. The first kappa shape index (κ1) is 21.1. The van der Waals surface area contributed by atoms with Crippen LogP contribution in [0.4, 0.5) is 0 Å². The number of halogens is 1. The highest BCUT2D eigenvalue weighted by Crippen LogP contribution is 2.26. The summed E-state index contributed by atoms with van der Waals surface area (Å²) >= 11 is 0. The van der Waals surface area contributed by atoms with Crippen LogP contribution in [0.1, 0.15) is 6.92 Å².